The number of phosphoric ester groups is 1. The molecule has 0 radical (unpaired) electrons. The van der Waals surface area contributed by atoms with Crippen LogP contribution in [0.15, 0.2) is 0 Å². The zero-order valence-corrected chi connectivity index (χ0v) is 6.68. The van der Waals surface area contributed by atoms with E-state index in [9.17, 15) is 9.46 Å². The summed E-state index contributed by atoms with van der Waals surface area (Å²) in [5.74, 6) is 0. The van der Waals surface area contributed by atoms with Crippen molar-refractivity contribution in [2.45, 2.75) is 6.92 Å². The smallest absolute Gasteiger partial charge is 0.756 e. The van der Waals surface area contributed by atoms with E-state index in [1.165, 1.54) is 0 Å². The van der Waals surface area contributed by atoms with Gasteiger partial charge in [-0.15, -0.1) is 0 Å². The Morgan fingerprint density at radius 1 is 1.67 bits per heavy atom. The Balaban J connectivity index is 0. The minimum atomic E-state index is -3.92. The second-order valence-corrected chi connectivity index (χ2v) is 2.57. The molecule has 1 atom stereocenters. The van der Waals surface area contributed by atoms with Crippen LogP contribution in [0.3, 0.4) is 0 Å². The maximum Gasteiger partial charge on any atom is 1.00 e. The van der Waals surface area contributed by atoms with Gasteiger partial charge in [-0.1, -0.05) is 0 Å². The van der Waals surface area contributed by atoms with Gasteiger partial charge in [-0.05, 0) is 6.92 Å². The monoisotopic (exact) mass is 146 g/mol. The van der Waals surface area contributed by atoms with Crippen LogP contribution in [-0.4, -0.2) is 13.7 Å². The molecule has 6 heteroatoms. The molecule has 0 N–H and O–H groups in total. The topological polar surface area (TPSA) is 58.6 Å². The summed E-state index contributed by atoms with van der Waals surface area (Å²) >= 11 is 0. The Kier molecular flexibility index (Phi) is 7.56. The summed E-state index contributed by atoms with van der Waals surface area (Å²) in [5, 5.41) is 0. The maximum absolute atomic E-state index is 10.2. The fraction of sp³-hybridized carbons (Fsp3) is 1.00. The van der Waals surface area contributed by atoms with Crippen LogP contribution in [-0.2, 0) is 13.6 Å². The Bertz CT molecular complexity index is 106. The molecule has 0 saturated carbocycles. The van der Waals surface area contributed by atoms with Gasteiger partial charge in [0, 0.05) is 7.11 Å². The van der Waals surface area contributed by atoms with E-state index in [2.05, 4.69) is 9.05 Å². The van der Waals surface area contributed by atoms with Crippen LogP contribution in [0.5, 0.6) is 0 Å². The summed E-state index contributed by atoms with van der Waals surface area (Å²) < 4.78 is 18.3. The third kappa shape index (κ3) is 6.59. The van der Waals surface area contributed by atoms with Crippen LogP contribution >= 0.6 is 7.82 Å². The Morgan fingerprint density at radius 3 is 2.22 bits per heavy atom. The van der Waals surface area contributed by atoms with Gasteiger partial charge in [0.2, 0.25) is 0 Å². The van der Waals surface area contributed by atoms with E-state index in [0.29, 0.717) is 0 Å². The molecule has 0 spiro atoms. The maximum atomic E-state index is 10.2. The molecule has 0 aliphatic carbocycles. The summed E-state index contributed by atoms with van der Waals surface area (Å²) in [4.78, 5) is 10.2. The first-order valence-electron chi connectivity index (χ1n) is 2.13. The van der Waals surface area contributed by atoms with Gasteiger partial charge in [0.15, 0.2) is 0 Å². The van der Waals surface area contributed by atoms with Crippen molar-refractivity contribution in [3.05, 3.63) is 0 Å². The SMILES string of the molecule is CCOP(=O)([O-])OC.[Li+]. The molecule has 0 bridgehead atoms. The Hall–Kier alpha value is 0.707. The molecule has 0 amide bonds. The van der Waals surface area contributed by atoms with Crippen LogP contribution in [0.1, 0.15) is 6.92 Å². The van der Waals surface area contributed by atoms with E-state index in [1.807, 2.05) is 0 Å². The van der Waals surface area contributed by atoms with Gasteiger partial charge in [0.05, 0.1) is 6.61 Å². The average molecular weight is 146 g/mol. The minimum absolute atomic E-state index is 0. The molecular weight excluding hydrogens is 138 g/mol. The van der Waals surface area contributed by atoms with E-state index in [0.717, 1.165) is 7.11 Å². The van der Waals surface area contributed by atoms with E-state index in [1.54, 1.807) is 6.92 Å². The summed E-state index contributed by atoms with van der Waals surface area (Å²) in [6.45, 7) is 1.69. The third-order valence-electron chi connectivity index (χ3n) is 0.511. The van der Waals surface area contributed by atoms with Crippen LogP contribution in [0, 0.1) is 0 Å². The molecule has 0 aliphatic heterocycles. The van der Waals surface area contributed by atoms with E-state index < -0.39 is 7.82 Å². The van der Waals surface area contributed by atoms with E-state index >= 15 is 0 Å². The molecule has 0 aliphatic rings. The van der Waals surface area contributed by atoms with Crippen LogP contribution in [0.25, 0.3) is 0 Å². The largest absolute Gasteiger partial charge is 1.00 e. The van der Waals surface area contributed by atoms with Crippen molar-refractivity contribution >= 4 is 7.82 Å². The van der Waals surface area contributed by atoms with Crippen LogP contribution in [0.2, 0.25) is 0 Å². The zero-order valence-electron chi connectivity index (χ0n) is 5.79. The van der Waals surface area contributed by atoms with Crippen molar-refractivity contribution in [2.75, 3.05) is 13.7 Å². The summed E-state index contributed by atoms with van der Waals surface area (Å²) in [5.41, 5.74) is 0. The first-order valence-corrected chi connectivity index (χ1v) is 3.59. The predicted octanol–water partition coefficient (Wildman–Crippen LogP) is -2.86. The Labute approximate surface area is 66.3 Å². The van der Waals surface area contributed by atoms with Crippen molar-refractivity contribution in [1.82, 2.24) is 0 Å². The number of hydrogen-bond acceptors (Lipinski definition) is 4. The molecular formula is C3H8LiO4P. The van der Waals surface area contributed by atoms with Gasteiger partial charge < -0.3 is 13.9 Å². The first-order chi connectivity index (χ1) is 3.62. The number of hydrogen-bond donors (Lipinski definition) is 0. The molecule has 0 aromatic carbocycles. The fourth-order valence-corrected chi connectivity index (χ4v) is 0.632. The molecule has 1 unspecified atom stereocenters. The van der Waals surface area contributed by atoms with E-state index in [-0.39, 0.29) is 25.5 Å². The summed E-state index contributed by atoms with van der Waals surface area (Å²) in [6.07, 6.45) is 0. The Morgan fingerprint density at radius 2 is 2.11 bits per heavy atom. The molecule has 0 rings (SSSR count). The molecule has 0 saturated heterocycles. The van der Waals surface area contributed by atoms with Crippen molar-refractivity contribution in [1.29, 1.82) is 0 Å². The number of rotatable bonds is 3. The molecule has 4 nitrogen and oxygen atoms in total. The molecule has 0 aromatic heterocycles. The van der Waals surface area contributed by atoms with Gasteiger partial charge in [0.25, 0.3) is 7.82 Å². The zero-order chi connectivity index (χ0) is 6.62. The molecule has 50 valence electrons. The minimum Gasteiger partial charge on any atom is -0.756 e. The van der Waals surface area contributed by atoms with Gasteiger partial charge in [-0.2, -0.15) is 0 Å². The molecule has 0 aromatic rings. The quantitative estimate of drug-likeness (QED) is 0.317. The summed E-state index contributed by atoms with van der Waals surface area (Å²) in [7, 11) is -2.86. The predicted molar refractivity (Wildman–Crippen MR) is 26.2 cm³/mol. The fourth-order valence-electron chi connectivity index (χ4n) is 0.211. The average Bonchev–Trinajstić information content (AvgIpc) is 1.67. The van der Waals surface area contributed by atoms with E-state index in [4.69, 9.17) is 0 Å². The second-order valence-electron chi connectivity index (χ2n) is 1.05. The van der Waals surface area contributed by atoms with Crippen LogP contribution in [0.4, 0.5) is 0 Å². The van der Waals surface area contributed by atoms with Gasteiger partial charge in [0.1, 0.15) is 0 Å². The molecule has 9 heavy (non-hydrogen) atoms. The van der Waals surface area contributed by atoms with Crippen LogP contribution < -0.4 is 23.8 Å². The second kappa shape index (κ2) is 5.49. The van der Waals surface area contributed by atoms with Gasteiger partial charge >= 0.3 is 18.9 Å². The first kappa shape index (κ1) is 12.4. The van der Waals surface area contributed by atoms with Gasteiger partial charge in [-0.3, -0.25) is 4.57 Å². The molecule has 0 heterocycles. The summed E-state index contributed by atoms with van der Waals surface area (Å²) in [6, 6.07) is 0. The third-order valence-corrected chi connectivity index (χ3v) is 1.53. The van der Waals surface area contributed by atoms with Crippen molar-refractivity contribution in [3.8, 4) is 0 Å². The molecule has 0 fully saturated rings. The standard InChI is InChI=1S/C3H9O4P.Li/c1-3-7-8(4,5)6-2;/h3H2,1-2H3,(H,4,5);/q;+1/p-1. The van der Waals surface area contributed by atoms with Crippen molar-refractivity contribution < 1.29 is 37.4 Å². The number of phosphoric acid groups is 1. The van der Waals surface area contributed by atoms with Gasteiger partial charge in [-0.25, -0.2) is 0 Å². The van der Waals surface area contributed by atoms with Crippen molar-refractivity contribution in [3.63, 3.8) is 0 Å². The van der Waals surface area contributed by atoms with Crippen molar-refractivity contribution in [2.24, 2.45) is 0 Å². The normalized spacial score (nSPS) is 15.9.